The minimum atomic E-state index is -4.00. The summed E-state index contributed by atoms with van der Waals surface area (Å²) in [5, 5.41) is 11.8. The fraction of sp³-hybridized carbons (Fsp3) is 0.533. The number of benzene rings is 1. The first-order valence-corrected chi connectivity index (χ1v) is 17.6. The zero-order valence-corrected chi connectivity index (χ0v) is 27.8. The number of nitrogens with one attached hydrogen (secondary N) is 1. The van der Waals surface area contributed by atoms with Gasteiger partial charge >= 0.3 is 6.09 Å². The number of aliphatic hydroxyl groups is 1. The molecule has 1 aromatic carbocycles. The van der Waals surface area contributed by atoms with E-state index in [0.717, 1.165) is 6.07 Å². The number of nitrogens with zero attached hydrogens (tertiary/aromatic N) is 5. The Morgan fingerprint density at radius 3 is 2.49 bits per heavy atom. The van der Waals surface area contributed by atoms with Gasteiger partial charge in [-0.05, 0) is 37.1 Å². The molecule has 4 aliphatic rings. The molecule has 0 unspecified atom stereocenters. The molecular formula is C30H36ClF2N7O8S. The number of halogens is 3. The summed E-state index contributed by atoms with van der Waals surface area (Å²) in [5.74, 6) is -4.82. The van der Waals surface area contributed by atoms with Gasteiger partial charge in [-0.2, -0.15) is 4.31 Å². The number of carbonyl (C=O) groups is 3. The van der Waals surface area contributed by atoms with Crippen LogP contribution in [0, 0.1) is 5.92 Å². The normalized spacial score (nSPS) is 21.9. The van der Waals surface area contributed by atoms with Crippen molar-refractivity contribution in [1.29, 1.82) is 0 Å². The number of nitrogens with two attached hydrogens (primary N) is 1. The van der Waals surface area contributed by atoms with Crippen LogP contribution in [-0.2, 0) is 30.3 Å². The fourth-order valence-electron chi connectivity index (χ4n) is 6.56. The smallest absolute Gasteiger partial charge is 0.415 e. The van der Waals surface area contributed by atoms with Crippen molar-refractivity contribution in [3.8, 4) is 5.75 Å². The lowest BCUT2D eigenvalue weighted by molar-refractivity contribution is -0.137. The van der Waals surface area contributed by atoms with Crippen molar-refractivity contribution >= 4 is 51.0 Å². The highest BCUT2D eigenvalue weighted by Crippen LogP contribution is 2.43. The molecule has 0 spiro atoms. The van der Waals surface area contributed by atoms with Crippen LogP contribution in [0.25, 0.3) is 0 Å². The van der Waals surface area contributed by atoms with E-state index in [9.17, 15) is 27.9 Å². The molecule has 4 aliphatic heterocycles. The van der Waals surface area contributed by atoms with Crippen LogP contribution in [0.15, 0.2) is 35.2 Å². The highest BCUT2D eigenvalue weighted by molar-refractivity contribution is 7.89. The summed E-state index contributed by atoms with van der Waals surface area (Å²) < 4.78 is 71.1. The predicted molar refractivity (Wildman–Crippen MR) is 171 cm³/mol. The van der Waals surface area contributed by atoms with E-state index in [1.54, 1.807) is 4.90 Å². The van der Waals surface area contributed by atoms with Gasteiger partial charge in [0.15, 0.2) is 6.10 Å². The van der Waals surface area contributed by atoms with Gasteiger partial charge in [0, 0.05) is 56.8 Å². The van der Waals surface area contributed by atoms with Crippen LogP contribution in [0.5, 0.6) is 5.75 Å². The molecule has 2 atom stereocenters. The largest absolute Gasteiger partial charge is 0.489 e. The van der Waals surface area contributed by atoms with Crippen molar-refractivity contribution in [2.24, 2.45) is 11.7 Å². The highest BCUT2D eigenvalue weighted by atomic mass is 35.5. The molecule has 15 nitrogen and oxygen atoms in total. The molecular weight excluding hydrogens is 692 g/mol. The number of pyridine rings is 1. The molecule has 2 aromatic rings. The summed E-state index contributed by atoms with van der Waals surface area (Å²) in [5.41, 5.74) is 5.25. The number of aromatic nitrogens is 1. The number of likely N-dealkylation sites (tertiary alicyclic amines) is 1. The van der Waals surface area contributed by atoms with E-state index < -0.39 is 46.0 Å². The third kappa shape index (κ3) is 6.84. The van der Waals surface area contributed by atoms with E-state index in [1.807, 2.05) is 0 Å². The number of cyclic esters (lactones) is 1. The number of piperidine rings is 1. The monoisotopic (exact) mass is 727 g/mol. The number of aliphatic hydroxyl groups excluding tert-OH is 1. The maximum absolute atomic E-state index is 15.8. The second-order valence-electron chi connectivity index (χ2n) is 12.2. The van der Waals surface area contributed by atoms with E-state index in [2.05, 4.69) is 10.3 Å². The van der Waals surface area contributed by atoms with Crippen molar-refractivity contribution in [3.05, 3.63) is 41.0 Å². The fourth-order valence-corrected chi connectivity index (χ4v) is 8.20. The molecule has 4 N–H and O–H groups in total. The molecule has 3 saturated heterocycles. The number of fused-ring (bicyclic) bond motifs is 3. The SMILES string of the molecule is NCC(=O)NCC(=O)N1CCC(C(F)(F)c2cc(Cl)nc(N3CCN(S(=O)(=O)c4ccc5c(c4)OC[C@@H]4[C@H](CO)OC(=O)N54)CC3)c2)CC1. The topological polar surface area (TPSA) is 188 Å². The van der Waals surface area contributed by atoms with Gasteiger partial charge in [-0.3, -0.25) is 14.5 Å². The van der Waals surface area contributed by atoms with E-state index in [0.29, 0.717) is 5.69 Å². The minimum Gasteiger partial charge on any atom is -0.489 e. The highest BCUT2D eigenvalue weighted by Gasteiger charge is 2.47. The number of carbonyl (C=O) groups excluding carboxylic acids is 3. The molecule has 5 heterocycles. The second-order valence-corrected chi connectivity index (χ2v) is 14.5. The Bertz CT molecular complexity index is 1720. The number of anilines is 2. The molecule has 266 valence electrons. The Labute approximate surface area is 285 Å². The lowest BCUT2D eigenvalue weighted by Gasteiger charge is -2.37. The van der Waals surface area contributed by atoms with Crippen molar-refractivity contribution < 1.29 is 46.2 Å². The lowest BCUT2D eigenvalue weighted by atomic mass is 9.86. The Morgan fingerprint density at radius 1 is 1.10 bits per heavy atom. The maximum atomic E-state index is 15.8. The maximum Gasteiger partial charge on any atom is 0.415 e. The van der Waals surface area contributed by atoms with E-state index in [1.165, 1.54) is 38.4 Å². The van der Waals surface area contributed by atoms with Crippen molar-refractivity contribution in [3.63, 3.8) is 0 Å². The first-order valence-electron chi connectivity index (χ1n) is 15.8. The number of ether oxygens (including phenoxy) is 2. The Balaban J connectivity index is 1.09. The average Bonchev–Trinajstić information content (AvgIpc) is 3.45. The van der Waals surface area contributed by atoms with E-state index in [4.69, 9.17) is 26.8 Å². The van der Waals surface area contributed by atoms with Crippen LogP contribution in [0.1, 0.15) is 18.4 Å². The number of hydrogen-bond donors (Lipinski definition) is 3. The summed E-state index contributed by atoms with van der Waals surface area (Å²) in [7, 11) is -4.00. The van der Waals surface area contributed by atoms with Gasteiger partial charge in [0.2, 0.25) is 21.8 Å². The molecule has 0 saturated carbocycles. The quantitative estimate of drug-likeness (QED) is 0.309. The van der Waals surface area contributed by atoms with Crippen LogP contribution < -0.4 is 25.6 Å². The van der Waals surface area contributed by atoms with Gasteiger partial charge in [-0.25, -0.2) is 27.0 Å². The molecule has 19 heteroatoms. The van der Waals surface area contributed by atoms with Gasteiger partial charge in [0.25, 0.3) is 5.92 Å². The van der Waals surface area contributed by atoms with Gasteiger partial charge < -0.3 is 35.4 Å². The summed E-state index contributed by atoms with van der Waals surface area (Å²) in [6, 6.07) is 6.05. The van der Waals surface area contributed by atoms with Crippen LogP contribution in [-0.4, -0.2) is 123 Å². The van der Waals surface area contributed by atoms with Crippen LogP contribution in [0.2, 0.25) is 5.15 Å². The Kier molecular flexibility index (Phi) is 9.87. The van der Waals surface area contributed by atoms with E-state index >= 15 is 8.78 Å². The van der Waals surface area contributed by atoms with Crippen molar-refractivity contribution in [1.82, 2.24) is 19.5 Å². The molecule has 6 rings (SSSR count). The third-order valence-electron chi connectivity index (χ3n) is 9.34. The zero-order chi connectivity index (χ0) is 35.1. The lowest BCUT2D eigenvalue weighted by Crippen LogP contribution is -2.49. The molecule has 0 bridgehead atoms. The third-order valence-corrected chi connectivity index (χ3v) is 11.4. The number of alkyl halides is 2. The van der Waals surface area contributed by atoms with Crippen molar-refractivity contribution in [2.75, 3.05) is 75.4 Å². The molecule has 1 aromatic heterocycles. The van der Waals surface area contributed by atoms with Gasteiger partial charge in [-0.1, -0.05) is 11.6 Å². The predicted octanol–water partition coefficient (Wildman–Crippen LogP) is 0.730. The molecule has 3 fully saturated rings. The molecule has 3 amide bonds. The molecule has 49 heavy (non-hydrogen) atoms. The van der Waals surface area contributed by atoms with Crippen LogP contribution in [0.3, 0.4) is 0 Å². The van der Waals surface area contributed by atoms with Gasteiger partial charge in [0.05, 0.1) is 30.3 Å². The van der Waals surface area contributed by atoms with Gasteiger partial charge in [0.1, 0.15) is 29.4 Å². The van der Waals surface area contributed by atoms with Crippen LogP contribution >= 0.6 is 11.6 Å². The first kappa shape index (κ1) is 35.0. The summed E-state index contributed by atoms with van der Waals surface area (Å²) in [6.07, 6.45) is -1.33. The second kappa shape index (κ2) is 13.8. The summed E-state index contributed by atoms with van der Waals surface area (Å²) in [6.45, 7) is -0.261. The van der Waals surface area contributed by atoms with E-state index in [-0.39, 0.29) is 112 Å². The number of piperazine rings is 1. The van der Waals surface area contributed by atoms with Gasteiger partial charge in [-0.15, -0.1) is 0 Å². The first-order chi connectivity index (χ1) is 23.3. The molecule has 0 radical (unpaired) electrons. The summed E-state index contributed by atoms with van der Waals surface area (Å²) in [4.78, 5) is 44.8. The minimum absolute atomic E-state index is 0.0230. The zero-order valence-electron chi connectivity index (χ0n) is 26.3. The number of rotatable bonds is 9. The average molecular weight is 728 g/mol. The summed E-state index contributed by atoms with van der Waals surface area (Å²) >= 11 is 6.22. The number of sulfonamides is 1. The Hall–Kier alpha value is -3.84. The van der Waals surface area contributed by atoms with Crippen molar-refractivity contribution in [2.45, 2.75) is 35.8 Å². The Morgan fingerprint density at radius 2 is 1.82 bits per heavy atom. The standard InChI is InChI=1S/C30H36ClF2N7O8S/c31-25-11-19(30(32,33)18-3-5-38(6-4-18)28(43)15-35-27(42)14-34)12-26(36-25)37-7-9-39(10-8-37)49(45,46)20-1-2-21-23(13-20)47-17-22-24(16-41)48-29(44)40(21)22/h1-2,11-13,18,22,24,41H,3-10,14-17,34H2,(H,35,42)/t22-,24+/m1/s1. The number of hydrogen-bond acceptors (Lipinski definition) is 11. The van der Waals surface area contributed by atoms with Crippen LogP contribution in [0.4, 0.5) is 25.1 Å². The number of amides is 3. The molecule has 0 aliphatic carbocycles.